The minimum absolute atomic E-state index is 0.0346. The number of hydrogen-bond donors (Lipinski definition) is 0. The van der Waals surface area contributed by atoms with Gasteiger partial charge in [0, 0.05) is 10.6 Å². The summed E-state index contributed by atoms with van der Waals surface area (Å²) in [6.45, 7) is 1.66. The van der Waals surface area contributed by atoms with Crippen LogP contribution in [0.3, 0.4) is 0 Å². The molecule has 148 valence electrons. The molecule has 0 atom stereocenters. The molecule has 1 heterocycles. The van der Waals surface area contributed by atoms with E-state index in [9.17, 15) is 17.6 Å². The van der Waals surface area contributed by atoms with Gasteiger partial charge in [-0.25, -0.2) is 17.6 Å². The average Bonchev–Trinajstić information content (AvgIpc) is 2.69. The summed E-state index contributed by atoms with van der Waals surface area (Å²) in [5, 5.41) is 0.338. The van der Waals surface area contributed by atoms with Crippen molar-refractivity contribution in [2.45, 2.75) is 18.4 Å². The first-order valence-electron chi connectivity index (χ1n) is 8.76. The number of amides is 2. The Balaban J connectivity index is 1.89. The third-order valence-corrected chi connectivity index (χ3v) is 6.91. The topological polar surface area (TPSA) is 57.7 Å². The van der Waals surface area contributed by atoms with Gasteiger partial charge in [0.1, 0.15) is 10.7 Å². The average molecular weight is 431 g/mol. The monoisotopic (exact) mass is 430 g/mol. The van der Waals surface area contributed by atoms with Crippen molar-refractivity contribution in [2.24, 2.45) is 0 Å². The van der Waals surface area contributed by atoms with Gasteiger partial charge in [-0.2, -0.15) is 4.31 Å². The van der Waals surface area contributed by atoms with E-state index in [0.29, 0.717) is 9.33 Å². The van der Waals surface area contributed by atoms with E-state index in [1.165, 1.54) is 35.2 Å². The molecule has 0 saturated carbocycles. The van der Waals surface area contributed by atoms with E-state index >= 15 is 0 Å². The molecule has 3 aromatic rings. The molecule has 5 nitrogen and oxygen atoms in total. The number of carbonyl (C=O) groups excluding carboxylic acids is 1. The smallest absolute Gasteiger partial charge is 0.287 e. The Labute approximate surface area is 173 Å². The fraction of sp³-hybridized carbons (Fsp3) is 0.0952. The van der Waals surface area contributed by atoms with Crippen LogP contribution in [-0.2, 0) is 16.6 Å². The zero-order chi connectivity index (χ0) is 20.8. The van der Waals surface area contributed by atoms with E-state index < -0.39 is 21.9 Å². The molecular weight excluding hydrogens is 415 g/mol. The Morgan fingerprint density at radius 1 is 1.00 bits per heavy atom. The van der Waals surface area contributed by atoms with Crippen LogP contribution in [0, 0.1) is 12.7 Å². The van der Waals surface area contributed by atoms with Crippen LogP contribution >= 0.6 is 11.6 Å². The number of fused-ring (bicyclic) bond motifs is 1. The Morgan fingerprint density at radius 3 is 2.41 bits per heavy atom. The molecule has 0 unspecified atom stereocenters. The third-order valence-electron chi connectivity index (χ3n) is 4.76. The fourth-order valence-corrected chi connectivity index (χ4v) is 4.98. The molecule has 3 aromatic carbocycles. The molecule has 0 bridgehead atoms. The second kappa shape index (κ2) is 7.17. The van der Waals surface area contributed by atoms with Crippen LogP contribution in [-0.4, -0.2) is 14.4 Å². The Morgan fingerprint density at radius 2 is 1.69 bits per heavy atom. The molecule has 1 aliphatic rings. The summed E-state index contributed by atoms with van der Waals surface area (Å²) in [4.78, 5) is 14.5. The highest BCUT2D eigenvalue weighted by molar-refractivity contribution is 7.94. The maximum Gasteiger partial charge on any atom is 0.343 e. The first-order chi connectivity index (χ1) is 13.8. The number of nitrogens with zero attached hydrogens (tertiary/aromatic N) is 2. The van der Waals surface area contributed by atoms with Crippen LogP contribution in [0.1, 0.15) is 11.1 Å². The summed E-state index contributed by atoms with van der Waals surface area (Å²) in [5.41, 5.74) is 1.35. The molecule has 2 amide bonds. The van der Waals surface area contributed by atoms with Crippen LogP contribution in [0.2, 0.25) is 5.02 Å². The number of carbonyl (C=O) groups is 1. The number of halogens is 2. The number of sulfonamides is 1. The van der Waals surface area contributed by atoms with Gasteiger partial charge < -0.3 is 0 Å². The highest BCUT2D eigenvalue weighted by Crippen LogP contribution is 2.38. The molecule has 0 spiro atoms. The molecule has 29 heavy (non-hydrogen) atoms. The molecule has 0 saturated heterocycles. The summed E-state index contributed by atoms with van der Waals surface area (Å²) < 4.78 is 41.4. The van der Waals surface area contributed by atoms with Gasteiger partial charge in [-0.05, 0) is 42.8 Å². The number of para-hydroxylation sites is 1. The second-order valence-electron chi connectivity index (χ2n) is 6.63. The molecule has 8 heteroatoms. The zero-order valence-electron chi connectivity index (χ0n) is 15.3. The molecule has 0 radical (unpaired) electrons. The van der Waals surface area contributed by atoms with Crippen molar-refractivity contribution in [1.29, 1.82) is 0 Å². The van der Waals surface area contributed by atoms with Crippen LogP contribution in [0.4, 0.5) is 20.6 Å². The molecule has 0 N–H and O–H groups in total. The van der Waals surface area contributed by atoms with Gasteiger partial charge in [-0.1, -0.05) is 48.0 Å². The molecule has 1 aliphatic heterocycles. The Hall–Kier alpha value is -2.90. The van der Waals surface area contributed by atoms with Gasteiger partial charge in [0.25, 0.3) is 10.0 Å². The highest BCUT2D eigenvalue weighted by atomic mass is 35.5. The number of aryl methyl sites for hydroxylation is 1. The summed E-state index contributed by atoms with van der Waals surface area (Å²) in [5.74, 6) is -0.476. The summed E-state index contributed by atoms with van der Waals surface area (Å²) in [7, 11) is -4.16. The van der Waals surface area contributed by atoms with Crippen molar-refractivity contribution >= 4 is 39.0 Å². The van der Waals surface area contributed by atoms with Gasteiger partial charge in [-0.3, -0.25) is 4.90 Å². The van der Waals surface area contributed by atoms with Crippen molar-refractivity contribution in [3.63, 3.8) is 0 Å². The van der Waals surface area contributed by atoms with Crippen LogP contribution in [0.5, 0.6) is 0 Å². The number of rotatable bonds is 3. The van der Waals surface area contributed by atoms with Gasteiger partial charge in [0.2, 0.25) is 0 Å². The highest BCUT2D eigenvalue weighted by Gasteiger charge is 2.42. The van der Waals surface area contributed by atoms with E-state index in [-0.39, 0.29) is 28.4 Å². The van der Waals surface area contributed by atoms with Crippen molar-refractivity contribution in [2.75, 3.05) is 9.21 Å². The summed E-state index contributed by atoms with van der Waals surface area (Å²) in [6.07, 6.45) is 0. The van der Waals surface area contributed by atoms with E-state index in [1.54, 1.807) is 43.3 Å². The maximum atomic E-state index is 14.2. The normalized spacial score (nSPS) is 15.3. The molecule has 0 aliphatic carbocycles. The molecule has 0 aromatic heterocycles. The Bertz CT molecular complexity index is 1230. The van der Waals surface area contributed by atoms with E-state index in [1.807, 2.05) is 0 Å². The van der Waals surface area contributed by atoms with Crippen LogP contribution in [0.15, 0.2) is 71.6 Å². The number of benzene rings is 3. The molecule has 0 fully saturated rings. The standard InChI is InChI=1S/C21H16ClFN2O3S/c1-14-10-11-16(12-17(14)22)25-21(26)24(13-15-6-2-3-7-18(15)23)19-8-4-5-9-20(19)29(25,27)28/h2-12H,13H2,1H3. The van der Waals surface area contributed by atoms with E-state index in [0.717, 1.165) is 5.56 Å². The van der Waals surface area contributed by atoms with Gasteiger partial charge >= 0.3 is 6.03 Å². The minimum Gasteiger partial charge on any atom is -0.287 e. The van der Waals surface area contributed by atoms with E-state index in [4.69, 9.17) is 11.6 Å². The van der Waals surface area contributed by atoms with Crippen molar-refractivity contribution in [3.05, 3.63) is 88.7 Å². The second-order valence-corrected chi connectivity index (χ2v) is 8.79. The molecular formula is C21H16ClFN2O3S. The first kappa shape index (κ1) is 19.4. The van der Waals surface area contributed by atoms with Crippen molar-refractivity contribution in [3.8, 4) is 0 Å². The summed E-state index contributed by atoms with van der Waals surface area (Å²) >= 11 is 6.17. The van der Waals surface area contributed by atoms with E-state index in [2.05, 4.69) is 0 Å². The number of urea groups is 1. The van der Waals surface area contributed by atoms with Crippen molar-refractivity contribution in [1.82, 2.24) is 0 Å². The summed E-state index contributed by atoms with van der Waals surface area (Å²) in [6, 6.07) is 16.0. The zero-order valence-corrected chi connectivity index (χ0v) is 16.9. The van der Waals surface area contributed by atoms with Gasteiger partial charge in [0.15, 0.2) is 0 Å². The van der Waals surface area contributed by atoms with Crippen molar-refractivity contribution < 1.29 is 17.6 Å². The number of hydrogen-bond acceptors (Lipinski definition) is 3. The predicted molar refractivity (Wildman–Crippen MR) is 110 cm³/mol. The van der Waals surface area contributed by atoms with Gasteiger partial charge in [-0.15, -0.1) is 0 Å². The lowest BCUT2D eigenvalue weighted by atomic mass is 10.2. The third kappa shape index (κ3) is 3.26. The largest absolute Gasteiger partial charge is 0.343 e. The lowest BCUT2D eigenvalue weighted by molar-refractivity contribution is 0.253. The molecule has 4 rings (SSSR count). The van der Waals surface area contributed by atoms with Gasteiger partial charge in [0.05, 0.1) is 17.9 Å². The SMILES string of the molecule is Cc1ccc(N2C(=O)N(Cc3ccccc3F)c3ccccc3S2(=O)=O)cc1Cl. The quantitative estimate of drug-likeness (QED) is 0.579. The van der Waals surface area contributed by atoms with Crippen LogP contribution in [0.25, 0.3) is 0 Å². The lowest BCUT2D eigenvalue weighted by Gasteiger charge is -2.36. The maximum absolute atomic E-state index is 14.2. The predicted octanol–water partition coefficient (Wildman–Crippen LogP) is 5.12. The lowest BCUT2D eigenvalue weighted by Crippen LogP contribution is -2.50. The van der Waals surface area contributed by atoms with Crippen LogP contribution < -0.4 is 9.21 Å². The number of anilines is 2. The minimum atomic E-state index is -4.16. The fourth-order valence-electron chi connectivity index (χ4n) is 3.22. The Kier molecular flexibility index (Phi) is 4.80. The first-order valence-corrected chi connectivity index (χ1v) is 10.6.